The van der Waals surface area contributed by atoms with Crippen molar-refractivity contribution in [2.45, 2.75) is 19.7 Å². The van der Waals surface area contributed by atoms with E-state index in [1.165, 1.54) is 0 Å². The van der Waals surface area contributed by atoms with Crippen molar-refractivity contribution in [3.8, 4) is 0 Å². The SMILES string of the molecule is COCc1nc(CN(C)Cc2c(Cl)nc3sccn23)cs1. The lowest BCUT2D eigenvalue weighted by Crippen LogP contribution is -2.18. The molecule has 21 heavy (non-hydrogen) atoms. The van der Waals surface area contributed by atoms with Gasteiger partial charge in [-0.1, -0.05) is 11.6 Å². The smallest absolute Gasteiger partial charge is 0.195 e. The fourth-order valence-corrected chi connectivity index (χ4v) is 3.92. The summed E-state index contributed by atoms with van der Waals surface area (Å²) >= 11 is 9.43. The van der Waals surface area contributed by atoms with E-state index in [2.05, 4.69) is 27.3 Å². The first kappa shape index (κ1) is 14.9. The van der Waals surface area contributed by atoms with Crippen molar-refractivity contribution < 1.29 is 4.74 Å². The first-order valence-corrected chi connectivity index (χ1v) is 8.52. The highest BCUT2D eigenvalue weighted by Crippen LogP contribution is 2.23. The number of thiazole rings is 2. The van der Waals surface area contributed by atoms with Crippen molar-refractivity contribution in [2.24, 2.45) is 0 Å². The van der Waals surface area contributed by atoms with E-state index < -0.39 is 0 Å². The van der Waals surface area contributed by atoms with Crippen molar-refractivity contribution in [3.63, 3.8) is 0 Å². The average molecular weight is 343 g/mol. The van der Waals surface area contributed by atoms with Gasteiger partial charge < -0.3 is 4.74 Å². The molecule has 0 amide bonds. The molecule has 112 valence electrons. The standard InChI is InChI=1S/C13H15ClN4OS2/c1-17(5-9-8-21-11(15-9)7-19-2)6-10-12(14)16-13-18(10)3-4-20-13/h3-4,8H,5-7H2,1-2H3. The maximum atomic E-state index is 6.22. The number of ether oxygens (including phenoxy) is 1. The lowest BCUT2D eigenvalue weighted by Gasteiger charge is -2.14. The highest BCUT2D eigenvalue weighted by molar-refractivity contribution is 7.15. The molecule has 5 nitrogen and oxygen atoms in total. The average Bonchev–Trinajstić information content (AvgIpc) is 3.11. The Bertz CT molecular complexity index is 736. The third-order valence-corrected chi connectivity index (χ3v) is 4.96. The number of nitrogens with zero attached hydrogens (tertiary/aromatic N) is 4. The van der Waals surface area contributed by atoms with Gasteiger partial charge in [0.05, 0.1) is 18.0 Å². The van der Waals surface area contributed by atoms with Gasteiger partial charge in [0, 0.05) is 37.2 Å². The van der Waals surface area contributed by atoms with Crippen molar-refractivity contribution in [3.05, 3.63) is 38.5 Å². The molecule has 0 aliphatic heterocycles. The molecule has 0 saturated heterocycles. The van der Waals surface area contributed by atoms with Gasteiger partial charge in [-0.15, -0.1) is 22.7 Å². The summed E-state index contributed by atoms with van der Waals surface area (Å²) in [5, 5.41) is 5.67. The van der Waals surface area contributed by atoms with E-state index in [0.717, 1.165) is 34.4 Å². The summed E-state index contributed by atoms with van der Waals surface area (Å²) in [7, 11) is 3.73. The largest absolute Gasteiger partial charge is 0.378 e. The molecule has 0 aliphatic rings. The van der Waals surface area contributed by atoms with Crippen LogP contribution in [0.5, 0.6) is 0 Å². The first-order valence-electron chi connectivity index (χ1n) is 6.38. The molecule has 0 saturated carbocycles. The maximum absolute atomic E-state index is 6.22. The Labute approximate surface area is 135 Å². The van der Waals surface area contributed by atoms with Crippen LogP contribution in [0.4, 0.5) is 0 Å². The second-order valence-corrected chi connectivity index (χ2v) is 6.92. The monoisotopic (exact) mass is 342 g/mol. The Hall–Kier alpha value is -0.990. The van der Waals surface area contributed by atoms with E-state index in [9.17, 15) is 0 Å². The predicted octanol–water partition coefficient (Wildman–Crippen LogP) is 3.28. The lowest BCUT2D eigenvalue weighted by molar-refractivity contribution is 0.184. The number of hydrogen-bond acceptors (Lipinski definition) is 6. The Balaban J connectivity index is 1.69. The van der Waals surface area contributed by atoms with Crippen LogP contribution in [-0.4, -0.2) is 33.4 Å². The minimum atomic E-state index is 0.568. The van der Waals surface area contributed by atoms with Crippen LogP contribution in [-0.2, 0) is 24.4 Å². The normalized spacial score (nSPS) is 11.8. The Kier molecular flexibility index (Phi) is 4.56. The van der Waals surface area contributed by atoms with E-state index in [1.54, 1.807) is 29.8 Å². The summed E-state index contributed by atoms with van der Waals surface area (Å²) in [6.45, 7) is 2.07. The zero-order valence-electron chi connectivity index (χ0n) is 11.7. The molecule has 0 fully saturated rings. The highest BCUT2D eigenvalue weighted by atomic mass is 35.5. The van der Waals surface area contributed by atoms with Gasteiger partial charge in [-0.25, -0.2) is 9.97 Å². The molecular formula is C13H15ClN4OS2. The van der Waals surface area contributed by atoms with E-state index in [4.69, 9.17) is 16.3 Å². The molecule has 0 bridgehead atoms. The van der Waals surface area contributed by atoms with Crippen molar-refractivity contribution >= 4 is 39.2 Å². The number of imidazole rings is 1. The van der Waals surface area contributed by atoms with E-state index in [1.807, 2.05) is 16.0 Å². The Morgan fingerprint density at radius 1 is 1.33 bits per heavy atom. The van der Waals surface area contributed by atoms with Crippen LogP contribution >= 0.6 is 34.3 Å². The molecule has 8 heteroatoms. The second kappa shape index (κ2) is 6.41. The van der Waals surface area contributed by atoms with Gasteiger partial charge in [-0.3, -0.25) is 9.30 Å². The van der Waals surface area contributed by atoms with Gasteiger partial charge in [0.15, 0.2) is 10.1 Å². The van der Waals surface area contributed by atoms with Crippen LogP contribution in [0, 0.1) is 0 Å². The highest BCUT2D eigenvalue weighted by Gasteiger charge is 2.14. The van der Waals surface area contributed by atoms with Gasteiger partial charge in [-0.05, 0) is 7.05 Å². The first-order chi connectivity index (χ1) is 10.2. The van der Waals surface area contributed by atoms with Crippen LogP contribution in [0.2, 0.25) is 5.15 Å². The zero-order chi connectivity index (χ0) is 14.8. The van der Waals surface area contributed by atoms with E-state index in [-0.39, 0.29) is 0 Å². The molecule has 0 spiro atoms. The summed E-state index contributed by atoms with van der Waals surface area (Å²) in [6, 6.07) is 0. The second-order valence-electron chi connectivity index (χ2n) is 4.74. The number of halogens is 1. The lowest BCUT2D eigenvalue weighted by atomic mass is 10.4. The molecule has 0 aliphatic carbocycles. The maximum Gasteiger partial charge on any atom is 0.195 e. The van der Waals surface area contributed by atoms with Crippen LogP contribution < -0.4 is 0 Å². The Morgan fingerprint density at radius 3 is 3.00 bits per heavy atom. The number of hydrogen-bond donors (Lipinski definition) is 0. The molecule has 0 aromatic carbocycles. The number of methoxy groups -OCH3 is 1. The van der Waals surface area contributed by atoms with Gasteiger partial charge in [-0.2, -0.15) is 0 Å². The number of fused-ring (bicyclic) bond motifs is 1. The molecule has 3 heterocycles. The topological polar surface area (TPSA) is 42.7 Å². The molecule has 0 N–H and O–H groups in total. The summed E-state index contributed by atoms with van der Waals surface area (Å²) in [6.07, 6.45) is 2.00. The fraction of sp³-hybridized carbons (Fsp3) is 0.385. The number of rotatable bonds is 6. The number of aromatic nitrogens is 3. The van der Waals surface area contributed by atoms with Crippen molar-refractivity contribution in [1.82, 2.24) is 19.3 Å². The van der Waals surface area contributed by atoms with Gasteiger partial charge in [0.2, 0.25) is 0 Å². The minimum Gasteiger partial charge on any atom is -0.378 e. The van der Waals surface area contributed by atoms with Crippen LogP contribution in [0.1, 0.15) is 16.4 Å². The third kappa shape index (κ3) is 3.27. The van der Waals surface area contributed by atoms with Crippen LogP contribution in [0.25, 0.3) is 4.96 Å². The van der Waals surface area contributed by atoms with E-state index in [0.29, 0.717) is 11.8 Å². The van der Waals surface area contributed by atoms with Gasteiger partial charge in [0.1, 0.15) is 5.01 Å². The van der Waals surface area contributed by atoms with Gasteiger partial charge >= 0.3 is 0 Å². The quantitative estimate of drug-likeness (QED) is 0.689. The molecular weight excluding hydrogens is 328 g/mol. The van der Waals surface area contributed by atoms with Crippen LogP contribution in [0.3, 0.4) is 0 Å². The van der Waals surface area contributed by atoms with Crippen LogP contribution in [0.15, 0.2) is 17.0 Å². The molecule has 0 unspecified atom stereocenters. The molecule has 3 aromatic rings. The minimum absolute atomic E-state index is 0.568. The van der Waals surface area contributed by atoms with Crippen molar-refractivity contribution in [1.29, 1.82) is 0 Å². The molecule has 3 rings (SSSR count). The molecule has 0 radical (unpaired) electrons. The predicted molar refractivity (Wildman–Crippen MR) is 86.1 cm³/mol. The molecule has 0 atom stereocenters. The summed E-state index contributed by atoms with van der Waals surface area (Å²) in [5.74, 6) is 0. The van der Waals surface area contributed by atoms with E-state index >= 15 is 0 Å². The summed E-state index contributed by atoms with van der Waals surface area (Å²) in [5.41, 5.74) is 2.07. The summed E-state index contributed by atoms with van der Waals surface area (Å²) in [4.78, 5) is 12.0. The third-order valence-electron chi connectivity index (χ3n) is 3.03. The molecule has 3 aromatic heterocycles. The fourth-order valence-electron chi connectivity index (χ4n) is 2.15. The van der Waals surface area contributed by atoms with Crippen molar-refractivity contribution in [2.75, 3.05) is 14.2 Å². The van der Waals surface area contributed by atoms with Gasteiger partial charge in [0.25, 0.3) is 0 Å². The Morgan fingerprint density at radius 2 is 2.19 bits per heavy atom. The summed E-state index contributed by atoms with van der Waals surface area (Å²) < 4.78 is 7.14. The zero-order valence-corrected chi connectivity index (χ0v) is 14.1.